The molecule has 180 valence electrons. The molecule has 0 radical (unpaired) electrons. The Kier molecular flexibility index (Phi) is 9.47. The molecule has 1 heterocycles. The first-order valence-corrected chi connectivity index (χ1v) is 14.1. The molecule has 2 unspecified atom stereocenters. The molecule has 1 saturated carbocycles. The van der Waals surface area contributed by atoms with Crippen LogP contribution in [0.1, 0.15) is 120 Å². The Morgan fingerprint density at radius 1 is 0.606 bits per heavy atom. The van der Waals surface area contributed by atoms with E-state index in [1.54, 1.807) is 5.56 Å². The molecule has 2 atom stereocenters. The Morgan fingerprint density at radius 3 is 1.82 bits per heavy atom. The zero-order valence-corrected chi connectivity index (χ0v) is 21.2. The largest absolute Gasteiger partial charge is 0.373 e. The lowest BCUT2D eigenvalue weighted by Crippen LogP contribution is -2.20. The van der Waals surface area contributed by atoms with Crippen molar-refractivity contribution in [1.29, 1.82) is 0 Å². The van der Waals surface area contributed by atoms with Crippen LogP contribution in [0.4, 0.5) is 0 Å². The molecule has 1 aliphatic heterocycles. The molecular weight excluding hydrogens is 400 g/mol. The molecule has 1 saturated heterocycles. The van der Waals surface area contributed by atoms with E-state index in [1.807, 2.05) is 0 Å². The van der Waals surface area contributed by atoms with Crippen molar-refractivity contribution in [2.75, 3.05) is 6.61 Å². The van der Waals surface area contributed by atoms with Gasteiger partial charge >= 0.3 is 0 Å². The van der Waals surface area contributed by atoms with Crippen LogP contribution in [0.2, 0.25) is 0 Å². The Hall–Kier alpha value is -1.60. The Bertz CT molecular complexity index is 789. The van der Waals surface area contributed by atoms with E-state index in [4.69, 9.17) is 4.74 Å². The van der Waals surface area contributed by atoms with Crippen LogP contribution < -0.4 is 0 Å². The summed E-state index contributed by atoms with van der Waals surface area (Å²) in [6.07, 6.45) is 18.1. The second kappa shape index (κ2) is 12.7. The molecule has 2 aromatic rings. The van der Waals surface area contributed by atoms with Crippen molar-refractivity contribution in [2.24, 2.45) is 11.8 Å². The summed E-state index contributed by atoms with van der Waals surface area (Å²) >= 11 is 0. The van der Waals surface area contributed by atoms with Gasteiger partial charge in [-0.05, 0) is 85.0 Å². The summed E-state index contributed by atoms with van der Waals surface area (Å²) in [7, 11) is 0. The monoisotopic (exact) mass is 446 g/mol. The average molecular weight is 447 g/mol. The molecule has 2 aromatic carbocycles. The second-order valence-corrected chi connectivity index (χ2v) is 10.9. The van der Waals surface area contributed by atoms with Gasteiger partial charge in [0, 0.05) is 0 Å². The Labute approximate surface area is 203 Å². The molecule has 0 N–H and O–H groups in total. The zero-order chi connectivity index (χ0) is 22.9. The summed E-state index contributed by atoms with van der Waals surface area (Å²) in [5.74, 6) is 2.53. The fourth-order valence-electron chi connectivity index (χ4n) is 6.19. The maximum atomic E-state index is 6.20. The van der Waals surface area contributed by atoms with Gasteiger partial charge in [0.2, 0.25) is 0 Å². The maximum absolute atomic E-state index is 6.20. The topological polar surface area (TPSA) is 9.23 Å². The highest BCUT2D eigenvalue weighted by atomic mass is 16.5. The van der Waals surface area contributed by atoms with E-state index in [2.05, 4.69) is 62.4 Å². The highest BCUT2D eigenvalue weighted by Gasteiger charge is 2.23. The van der Waals surface area contributed by atoms with Crippen molar-refractivity contribution >= 4 is 0 Å². The summed E-state index contributed by atoms with van der Waals surface area (Å²) in [5, 5.41) is 0. The second-order valence-electron chi connectivity index (χ2n) is 10.9. The van der Waals surface area contributed by atoms with Gasteiger partial charge in [-0.25, -0.2) is 0 Å². The van der Waals surface area contributed by atoms with Gasteiger partial charge in [0.1, 0.15) is 0 Å². The molecule has 0 bridgehead atoms. The third kappa shape index (κ3) is 6.95. The SMILES string of the molecule is CCCCCC[C@H]1CC[C@H](c2ccc(-c3ccc(C4CCC(CCC)CO4)cc3)cc2)CC1. The number of benzene rings is 2. The number of ether oxygens (including phenoxy) is 1. The summed E-state index contributed by atoms with van der Waals surface area (Å²) in [4.78, 5) is 0. The molecule has 4 rings (SSSR count). The summed E-state index contributed by atoms with van der Waals surface area (Å²) in [6.45, 7) is 5.51. The lowest BCUT2D eigenvalue weighted by atomic mass is 9.77. The van der Waals surface area contributed by atoms with Crippen LogP contribution in [0.5, 0.6) is 0 Å². The minimum Gasteiger partial charge on any atom is -0.373 e. The predicted molar refractivity (Wildman–Crippen MR) is 142 cm³/mol. The molecule has 1 heteroatoms. The van der Waals surface area contributed by atoms with Crippen LogP contribution in [-0.4, -0.2) is 6.61 Å². The molecule has 0 aromatic heterocycles. The minimum atomic E-state index is 0.288. The highest BCUT2D eigenvalue weighted by Crippen LogP contribution is 2.38. The maximum Gasteiger partial charge on any atom is 0.0825 e. The first kappa shape index (κ1) is 24.5. The van der Waals surface area contributed by atoms with Crippen molar-refractivity contribution < 1.29 is 4.74 Å². The van der Waals surface area contributed by atoms with Gasteiger partial charge in [-0.2, -0.15) is 0 Å². The van der Waals surface area contributed by atoms with E-state index in [0.717, 1.165) is 24.4 Å². The molecule has 2 fully saturated rings. The van der Waals surface area contributed by atoms with Gasteiger partial charge in [-0.1, -0.05) is 101 Å². The van der Waals surface area contributed by atoms with Gasteiger partial charge < -0.3 is 4.74 Å². The first-order chi connectivity index (χ1) is 16.3. The molecule has 0 spiro atoms. The number of hydrogen-bond donors (Lipinski definition) is 0. The van der Waals surface area contributed by atoms with Crippen LogP contribution in [0.3, 0.4) is 0 Å². The van der Waals surface area contributed by atoms with E-state index in [9.17, 15) is 0 Å². The Balaban J connectivity index is 1.26. The van der Waals surface area contributed by atoms with E-state index >= 15 is 0 Å². The molecule has 2 aliphatic rings. The summed E-state index contributed by atoms with van der Waals surface area (Å²) in [6, 6.07) is 18.6. The third-order valence-corrected chi connectivity index (χ3v) is 8.38. The lowest BCUT2D eigenvalue weighted by Gasteiger charge is -2.29. The number of hydrogen-bond acceptors (Lipinski definition) is 1. The Morgan fingerprint density at radius 2 is 1.24 bits per heavy atom. The highest BCUT2D eigenvalue weighted by molar-refractivity contribution is 5.64. The fraction of sp³-hybridized carbons (Fsp3) is 0.625. The quantitative estimate of drug-likeness (QED) is 0.330. The van der Waals surface area contributed by atoms with Gasteiger partial charge in [0.15, 0.2) is 0 Å². The molecule has 1 aliphatic carbocycles. The van der Waals surface area contributed by atoms with Gasteiger partial charge in [-0.3, -0.25) is 0 Å². The third-order valence-electron chi connectivity index (χ3n) is 8.38. The van der Waals surface area contributed by atoms with E-state index < -0.39 is 0 Å². The van der Waals surface area contributed by atoms with Crippen molar-refractivity contribution in [2.45, 2.75) is 109 Å². The van der Waals surface area contributed by atoms with Crippen molar-refractivity contribution in [3.8, 4) is 11.1 Å². The summed E-state index contributed by atoms with van der Waals surface area (Å²) < 4.78 is 6.20. The van der Waals surface area contributed by atoms with Gasteiger partial charge in [0.05, 0.1) is 12.7 Å². The average Bonchev–Trinajstić information content (AvgIpc) is 2.88. The van der Waals surface area contributed by atoms with Crippen LogP contribution in [0.15, 0.2) is 48.5 Å². The van der Waals surface area contributed by atoms with E-state index in [-0.39, 0.29) is 6.10 Å². The van der Waals surface area contributed by atoms with E-state index in [1.165, 1.54) is 100 Å². The lowest BCUT2D eigenvalue weighted by molar-refractivity contribution is -0.0194. The van der Waals surface area contributed by atoms with Crippen LogP contribution >= 0.6 is 0 Å². The van der Waals surface area contributed by atoms with Crippen LogP contribution in [0.25, 0.3) is 11.1 Å². The molecule has 33 heavy (non-hydrogen) atoms. The minimum absolute atomic E-state index is 0.288. The van der Waals surface area contributed by atoms with Gasteiger partial charge in [-0.15, -0.1) is 0 Å². The van der Waals surface area contributed by atoms with Crippen LogP contribution in [0, 0.1) is 11.8 Å². The van der Waals surface area contributed by atoms with Crippen molar-refractivity contribution in [1.82, 2.24) is 0 Å². The van der Waals surface area contributed by atoms with Gasteiger partial charge in [0.25, 0.3) is 0 Å². The van der Waals surface area contributed by atoms with Crippen molar-refractivity contribution in [3.05, 3.63) is 59.7 Å². The molecule has 1 nitrogen and oxygen atoms in total. The van der Waals surface area contributed by atoms with E-state index in [0.29, 0.717) is 0 Å². The predicted octanol–water partition coefficient (Wildman–Crippen LogP) is 9.87. The fourth-order valence-corrected chi connectivity index (χ4v) is 6.19. The molecular formula is C32H46O. The first-order valence-electron chi connectivity index (χ1n) is 14.1. The standard InChI is InChI=1S/C32H46O/c1-3-5-6-7-9-25-10-13-27(14-11-25)28-15-17-29(18-16-28)30-19-21-31(22-20-30)32-23-12-26(8-4-2)24-33-32/h15-22,25-27,32H,3-14,23-24H2,1-2H3/t25-,26?,27-,32?. The normalized spacial score (nSPS) is 25.8. The van der Waals surface area contributed by atoms with Crippen molar-refractivity contribution in [3.63, 3.8) is 0 Å². The number of rotatable bonds is 10. The summed E-state index contributed by atoms with van der Waals surface area (Å²) in [5.41, 5.74) is 5.55. The zero-order valence-electron chi connectivity index (χ0n) is 21.2. The molecule has 0 amide bonds. The number of unbranched alkanes of at least 4 members (excludes halogenated alkanes) is 3. The smallest absolute Gasteiger partial charge is 0.0825 e. The van der Waals surface area contributed by atoms with Crippen LogP contribution in [-0.2, 0) is 4.74 Å².